The van der Waals surface area contributed by atoms with Crippen LogP contribution in [0.5, 0.6) is 0 Å². The monoisotopic (exact) mass is 564 g/mol. The highest BCUT2D eigenvalue weighted by atomic mass is 35.5. The zero-order valence-corrected chi connectivity index (χ0v) is 20.0. The molecule has 3 rings (SSSR count). The first-order chi connectivity index (χ1) is 15.2. The first-order valence-electron chi connectivity index (χ1n) is 9.20. The Balaban J connectivity index is 1.77. The number of carbonyl (C=O) groups excluding carboxylic acids is 2. The van der Waals surface area contributed by atoms with E-state index < -0.39 is 52.9 Å². The van der Waals surface area contributed by atoms with Crippen molar-refractivity contribution in [2.75, 3.05) is 11.9 Å². The van der Waals surface area contributed by atoms with Gasteiger partial charge in [-0.05, 0) is 29.8 Å². The summed E-state index contributed by atoms with van der Waals surface area (Å²) in [5.74, 6) is -3.91. The molecule has 0 heterocycles. The van der Waals surface area contributed by atoms with Crippen molar-refractivity contribution in [1.82, 2.24) is 5.32 Å². The summed E-state index contributed by atoms with van der Waals surface area (Å²) in [6.45, 7) is -0.684. The Bertz CT molecular complexity index is 1110. The lowest BCUT2D eigenvalue weighted by molar-refractivity contribution is -0.133. The Morgan fingerprint density at radius 3 is 2.30 bits per heavy atom. The van der Waals surface area contributed by atoms with Crippen LogP contribution in [0.15, 0.2) is 30.3 Å². The van der Waals surface area contributed by atoms with Gasteiger partial charge in [0.05, 0.1) is 38.7 Å². The van der Waals surface area contributed by atoms with Crippen molar-refractivity contribution >= 4 is 75.5 Å². The zero-order valence-electron chi connectivity index (χ0n) is 16.2. The maximum absolute atomic E-state index is 13.4. The second-order valence-corrected chi connectivity index (χ2v) is 9.83. The maximum Gasteiger partial charge on any atom is 0.390 e. The lowest BCUT2D eigenvalue weighted by atomic mass is 10.1. The molecule has 33 heavy (non-hydrogen) atoms. The van der Waals surface area contributed by atoms with Crippen LogP contribution in [0.2, 0.25) is 15.1 Å². The van der Waals surface area contributed by atoms with Crippen LogP contribution < -0.4 is 10.6 Å². The zero-order chi connectivity index (χ0) is 24.7. The van der Waals surface area contributed by atoms with E-state index in [1.165, 1.54) is 24.3 Å². The Morgan fingerprint density at radius 1 is 1.03 bits per heavy atom. The molecule has 0 spiro atoms. The predicted molar refractivity (Wildman–Crippen MR) is 120 cm³/mol. The molecule has 0 aromatic heterocycles. The summed E-state index contributed by atoms with van der Waals surface area (Å²) < 4.78 is 48.9. The molecule has 0 bridgehead atoms. The molecule has 2 N–H and O–H groups in total. The van der Waals surface area contributed by atoms with Gasteiger partial charge >= 0.3 is 6.18 Å². The average Bonchev–Trinajstić information content (AvgIpc) is 3.27. The van der Waals surface area contributed by atoms with E-state index in [2.05, 4.69) is 10.6 Å². The number of carbonyl (C=O) groups is 2. The lowest BCUT2D eigenvalue weighted by Crippen LogP contribution is -2.28. The van der Waals surface area contributed by atoms with Crippen LogP contribution in [0.4, 0.5) is 23.2 Å². The summed E-state index contributed by atoms with van der Waals surface area (Å²) >= 11 is 30.5. The van der Waals surface area contributed by atoms with Crippen LogP contribution in [0.1, 0.15) is 28.3 Å². The average molecular weight is 567 g/mol. The van der Waals surface area contributed by atoms with Crippen molar-refractivity contribution in [1.29, 1.82) is 0 Å². The van der Waals surface area contributed by atoms with Crippen LogP contribution in [0, 0.1) is 11.7 Å². The number of benzene rings is 2. The third-order valence-electron chi connectivity index (χ3n) is 4.91. The Morgan fingerprint density at radius 2 is 1.70 bits per heavy atom. The summed E-state index contributed by atoms with van der Waals surface area (Å²) in [4.78, 5) is 25.1. The number of rotatable bonds is 6. The SMILES string of the molecule is O=C(NCCC(F)(F)F)c1c(Cl)ccc(NC(=O)[C@H]2[C@H](c3ccc(F)c(Cl)c3)C2(Cl)Cl)c1Cl. The molecule has 0 radical (unpaired) electrons. The van der Waals surface area contributed by atoms with Gasteiger partial charge in [0.1, 0.15) is 10.2 Å². The van der Waals surface area contributed by atoms with Crippen LogP contribution in [-0.4, -0.2) is 28.9 Å². The number of hydrogen-bond acceptors (Lipinski definition) is 2. The standard InChI is InChI=1S/C20H13Cl5F4N2O2/c21-9-2-4-12(16(23)13(9)17(32)30-6-5-19(27,28)29)31-18(33)15-14(20(15,24)25)8-1-3-11(26)10(22)7-8/h1-4,7,14-15H,5-6H2,(H,30,32)(H,31,33)/t14-,15+/m0/s1. The van der Waals surface area contributed by atoms with E-state index in [0.29, 0.717) is 5.56 Å². The van der Waals surface area contributed by atoms with Gasteiger partial charge in [0.15, 0.2) is 0 Å². The first kappa shape index (κ1) is 26.2. The topological polar surface area (TPSA) is 58.2 Å². The molecule has 2 atom stereocenters. The van der Waals surface area contributed by atoms with Crippen LogP contribution in [-0.2, 0) is 4.79 Å². The van der Waals surface area contributed by atoms with E-state index in [0.717, 1.165) is 6.07 Å². The molecule has 2 aromatic rings. The molecule has 1 aliphatic rings. The third-order valence-corrected chi connectivity index (χ3v) is 6.85. The van der Waals surface area contributed by atoms with Crippen LogP contribution in [0.25, 0.3) is 0 Å². The Kier molecular flexibility index (Phi) is 7.66. The fourth-order valence-electron chi connectivity index (χ4n) is 3.25. The molecular formula is C20H13Cl5F4N2O2. The van der Waals surface area contributed by atoms with Crippen LogP contribution in [0.3, 0.4) is 0 Å². The van der Waals surface area contributed by atoms with Gasteiger partial charge in [0, 0.05) is 12.5 Å². The second-order valence-electron chi connectivity index (χ2n) is 7.20. The summed E-state index contributed by atoms with van der Waals surface area (Å²) in [7, 11) is 0. The highest BCUT2D eigenvalue weighted by Crippen LogP contribution is 2.65. The summed E-state index contributed by atoms with van der Waals surface area (Å²) in [6, 6.07) is 6.39. The number of amides is 2. The minimum atomic E-state index is -4.46. The number of halogens is 9. The Hall–Kier alpha value is -1.45. The molecule has 0 unspecified atom stereocenters. The molecule has 2 amide bonds. The number of alkyl halides is 5. The maximum atomic E-state index is 13.4. The van der Waals surface area contributed by atoms with Gasteiger partial charge in [-0.2, -0.15) is 13.2 Å². The van der Waals surface area contributed by atoms with Gasteiger partial charge in [-0.25, -0.2) is 4.39 Å². The molecule has 13 heteroatoms. The molecule has 178 valence electrons. The molecule has 2 aromatic carbocycles. The number of anilines is 1. The minimum absolute atomic E-state index is 0.0287. The van der Waals surface area contributed by atoms with Crippen molar-refractivity contribution in [3.63, 3.8) is 0 Å². The quantitative estimate of drug-likeness (QED) is 0.292. The highest BCUT2D eigenvalue weighted by molar-refractivity contribution is 6.53. The summed E-state index contributed by atoms with van der Waals surface area (Å²) in [6.07, 6.45) is -5.70. The van der Waals surface area contributed by atoms with E-state index in [1.54, 1.807) is 0 Å². The third kappa shape index (κ3) is 5.80. The van der Waals surface area contributed by atoms with Gasteiger partial charge in [-0.1, -0.05) is 40.9 Å². The van der Waals surface area contributed by atoms with E-state index in [4.69, 9.17) is 58.0 Å². The van der Waals surface area contributed by atoms with Gasteiger partial charge in [0.2, 0.25) is 5.91 Å². The fraction of sp³-hybridized carbons (Fsp3) is 0.300. The molecule has 4 nitrogen and oxygen atoms in total. The highest BCUT2D eigenvalue weighted by Gasteiger charge is 2.67. The molecule has 0 aliphatic heterocycles. The minimum Gasteiger partial charge on any atom is -0.352 e. The van der Waals surface area contributed by atoms with E-state index in [-0.39, 0.29) is 26.3 Å². The van der Waals surface area contributed by atoms with Gasteiger partial charge in [-0.15, -0.1) is 23.2 Å². The normalized spacial score (nSPS) is 19.2. The first-order valence-corrected chi connectivity index (χ1v) is 11.1. The van der Waals surface area contributed by atoms with Crippen molar-refractivity contribution in [3.05, 3.63) is 62.3 Å². The smallest absolute Gasteiger partial charge is 0.352 e. The van der Waals surface area contributed by atoms with E-state index in [1.807, 2.05) is 0 Å². The summed E-state index contributed by atoms with van der Waals surface area (Å²) in [5.41, 5.74) is 0.108. The molecule has 1 saturated carbocycles. The number of nitrogens with one attached hydrogen (secondary N) is 2. The van der Waals surface area contributed by atoms with Gasteiger partial charge in [0.25, 0.3) is 5.91 Å². The van der Waals surface area contributed by atoms with E-state index in [9.17, 15) is 27.2 Å². The lowest BCUT2D eigenvalue weighted by Gasteiger charge is -2.13. The van der Waals surface area contributed by atoms with Crippen molar-refractivity contribution in [2.24, 2.45) is 5.92 Å². The van der Waals surface area contributed by atoms with Crippen LogP contribution >= 0.6 is 58.0 Å². The molecule has 0 saturated heterocycles. The van der Waals surface area contributed by atoms with Crippen molar-refractivity contribution < 1.29 is 27.2 Å². The van der Waals surface area contributed by atoms with Gasteiger partial charge < -0.3 is 10.6 Å². The number of hydrogen-bond donors (Lipinski definition) is 2. The van der Waals surface area contributed by atoms with Crippen molar-refractivity contribution in [2.45, 2.75) is 22.8 Å². The van der Waals surface area contributed by atoms with Crippen molar-refractivity contribution in [3.8, 4) is 0 Å². The molecular weight excluding hydrogens is 553 g/mol. The molecule has 1 fully saturated rings. The molecule has 1 aliphatic carbocycles. The van der Waals surface area contributed by atoms with Gasteiger partial charge in [-0.3, -0.25) is 9.59 Å². The van der Waals surface area contributed by atoms with E-state index >= 15 is 0 Å². The fourth-order valence-corrected chi connectivity index (χ4v) is 4.85. The predicted octanol–water partition coefficient (Wildman–Crippen LogP) is 6.99. The second kappa shape index (κ2) is 9.66. The summed E-state index contributed by atoms with van der Waals surface area (Å²) in [5, 5.41) is 4.00. The Labute approximate surface area is 210 Å². The largest absolute Gasteiger partial charge is 0.390 e.